The van der Waals surface area contributed by atoms with Crippen LogP contribution in [0, 0.1) is 0 Å². The summed E-state index contributed by atoms with van der Waals surface area (Å²) in [6, 6.07) is 10.8. The van der Waals surface area contributed by atoms with Crippen LogP contribution in [0.3, 0.4) is 0 Å². The maximum atomic E-state index is 11.9. The summed E-state index contributed by atoms with van der Waals surface area (Å²) < 4.78 is 10.5. The first-order chi connectivity index (χ1) is 12.0. The number of carbonyl (C=O) groups excluding carboxylic acids is 1. The minimum absolute atomic E-state index is 0.105. The Labute approximate surface area is 157 Å². The van der Waals surface area contributed by atoms with E-state index in [0.717, 1.165) is 11.3 Å². The fourth-order valence-electron chi connectivity index (χ4n) is 2.23. The number of carbonyl (C=O) groups is 1. The van der Waals surface area contributed by atoms with E-state index in [4.69, 9.17) is 32.7 Å². The summed E-state index contributed by atoms with van der Waals surface area (Å²) in [6.07, 6.45) is 0.693. The standard InChI is InChI=1S/C18H20Cl2N2O3/c1-24-16-6-3-12(9-17(16)25-2)7-8-21-18(23)11-22-13-4-5-14(19)15(20)10-13/h3-6,9-10,22H,7-8,11H2,1-2H3,(H,21,23). The van der Waals surface area contributed by atoms with E-state index >= 15 is 0 Å². The van der Waals surface area contributed by atoms with Crippen molar-refractivity contribution in [3.05, 3.63) is 52.0 Å². The van der Waals surface area contributed by atoms with Crippen molar-refractivity contribution < 1.29 is 14.3 Å². The van der Waals surface area contributed by atoms with Crippen LogP contribution >= 0.6 is 23.2 Å². The van der Waals surface area contributed by atoms with Crippen LogP contribution in [-0.2, 0) is 11.2 Å². The van der Waals surface area contributed by atoms with Gasteiger partial charge in [0.2, 0.25) is 5.91 Å². The number of halogens is 2. The zero-order valence-electron chi connectivity index (χ0n) is 14.1. The second kappa shape index (κ2) is 9.39. The monoisotopic (exact) mass is 382 g/mol. The highest BCUT2D eigenvalue weighted by Gasteiger charge is 2.06. The van der Waals surface area contributed by atoms with E-state index in [0.29, 0.717) is 34.5 Å². The molecule has 5 nitrogen and oxygen atoms in total. The number of hydrogen-bond acceptors (Lipinski definition) is 4. The molecule has 0 aromatic heterocycles. The Bertz CT molecular complexity index is 738. The third-order valence-electron chi connectivity index (χ3n) is 3.56. The normalized spacial score (nSPS) is 10.2. The number of methoxy groups -OCH3 is 2. The van der Waals surface area contributed by atoms with Crippen LogP contribution in [0.2, 0.25) is 10.0 Å². The molecule has 0 heterocycles. The lowest BCUT2D eigenvalue weighted by molar-refractivity contribution is -0.119. The molecule has 2 rings (SSSR count). The molecule has 0 atom stereocenters. The molecule has 2 N–H and O–H groups in total. The van der Waals surface area contributed by atoms with Crippen molar-refractivity contribution in [3.63, 3.8) is 0 Å². The lowest BCUT2D eigenvalue weighted by Crippen LogP contribution is -2.31. The van der Waals surface area contributed by atoms with Gasteiger partial charge < -0.3 is 20.1 Å². The Morgan fingerprint density at radius 3 is 2.44 bits per heavy atom. The van der Waals surface area contributed by atoms with Crippen LogP contribution in [0.5, 0.6) is 11.5 Å². The Morgan fingerprint density at radius 2 is 1.76 bits per heavy atom. The summed E-state index contributed by atoms with van der Waals surface area (Å²) in [5.41, 5.74) is 1.79. The van der Waals surface area contributed by atoms with Gasteiger partial charge in [-0.05, 0) is 42.3 Å². The molecule has 0 spiro atoms. The van der Waals surface area contributed by atoms with E-state index in [1.165, 1.54) is 0 Å². The van der Waals surface area contributed by atoms with Gasteiger partial charge in [-0.3, -0.25) is 4.79 Å². The zero-order chi connectivity index (χ0) is 18.2. The summed E-state index contributed by atoms with van der Waals surface area (Å²) in [7, 11) is 3.19. The van der Waals surface area contributed by atoms with E-state index in [2.05, 4.69) is 10.6 Å². The average Bonchev–Trinajstić information content (AvgIpc) is 2.62. The molecule has 2 aromatic carbocycles. The van der Waals surface area contributed by atoms with Crippen LogP contribution in [-0.4, -0.2) is 33.2 Å². The van der Waals surface area contributed by atoms with E-state index in [-0.39, 0.29) is 12.5 Å². The molecule has 0 fully saturated rings. The summed E-state index contributed by atoms with van der Waals surface area (Å²) >= 11 is 11.8. The second-order valence-electron chi connectivity index (χ2n) is 5.27. The van der Waals surface area contributed by atoms with Crippen molar-refractivity contribution in [2.75, 3.05) is 32.6 Å². The highest BCUT2D eigenvalue weighted by atomic mass is 35.5. The molecule has 2 aromatic rings. The molecule has 0 aliphatic carbocycles. The van der Waals surface area contributed by atoms with Gasteiger partial charge in [0.05, 0.1) is 30.8 Å². The van der Waals surface area contributed by atoms with Gasteiger partial charge in [0.15, 0.2) is 11.5 Å². The third-order valence-corrected chi connectivity index (χ3v) is 4.30. The largest absolute Gasteiger partial charge is 0.493 e. The Morgan fingerprint density at radius 1 is 1.00 bits per heavy atom. The van der Waals surface area contributed by atoms with Gasteiger partial charge in [-0.1, -0.05) is 29.3 Å². The number of rotatable bonds is 8. The molecule has 0 saturated heterocycles. The fourth-order valence-corrected chi connectivity index (χ4v) is 2.53. The molecule has 0 radical (unpaired) electrons. The molecule has 0 bridgehead atoms. The number of hydrogen-bond donors (Lipinski definition) is 2. The highest BCUT2D eigenvalue weighted by molar-refractivity contribution is 6.42. The Hall–Kier alpha value is -2.11. The molecule has 0 saturated carbocycles. The number of ether oxygens (including phenoxy) is 2. The minimum Gasteiger partial charge on any atom is -0.493 e. The lowest BCUT2D eigenvalue weighted by Gasteiger charge is -2.11. The zero-order valence-corrected chi connectivity index (χ0v) is 15.6. The maximum absolute atomic E-state index is 11.9. The summed E-state index contributed by atoms with van der Waals surface area (Å²) in [6.45, 7) is 0.682. The van der Waals surface area contributed by atoms with Crippen LogP contribution in [0.4, 0.5) is 5.69 Å². The summed E-state index contributed by atoms with van der Waals surface area (Å²) in [4.78, 5) is 11.9. The van der Waals surface area contributed by atoms with E-state index in [1.807, 2.05) is 18.2 Å². The van der Waals surface area contributed by atoms with E-state index in [9.17, 15) is 4.79 Å². The average molecular weight is 383 g/mol. The van der Waals surface area contributed by atoms with Gasteiger partial charge in [0.25, 0.3) is 0 Å². The molecule has 0 aliphatic heterocycles. The van der Waals surface area contributed by atoms with Crippen molar-refractivity contribution >= 4 is 34.8 Å². The first-order valence-corrected chi connectivity index (χ1v) is 8.45. The summed E-state index contributed by atoms with van der Waals surface area (Å²) in [5.74, 6) is 1.25. The van der Waals surface area contributed by atoms with Crippen LogP contribution in [0.1, 0.15) is 5.56 Å². The molecule has 7 heteroatoms. The molecule has 134 valence electrons. The highest BCUT2D eigenvalue weighted by Crippen LogP contribution is 2.27. The number of anilines is 1. The number of nitrogens with one attached hydrogen (secondary N) is 2. The first kappa shape index (κ1) is 19.2. The van der Waals surface area contributed by atoms with Crippen molar-refractivity contribution in [1.82, 2.24) is 5.32 Å². The van der Waals surface area contributed by atoms with Crippen LogP contribution in [0.25, 0.3) is 0 Å². The third kappa shape index (κ3) is 5.73. The van der Waals surface area contributed by atoms with Gasteiger partial charge >= 0.3 is 0 Å². The molecule has 1 amide bonds. The van der Waals surface area contributed by atoms with Gasteiger partial charge in [0, 0.05) is 12.2 Å². The SMILES string of the molecule is COc1ccc(CCNC(=O)CNc2ccc(Cl)c(Cl)c2)cc1OC. The van der Waals surface area contributed by atoms with E-state index < -0.39 is 0 Å². The molecule has 0 aliphatic rings. The van der Waals surface area contributed by atoms with Crippen molar-refractivity contribution in [1.29, 1.82) is 0 Å². The van der Waals surface area contributed by atoms with Crippen LogP contribution < -0.4 is 20.1 Å². The number of benzene rings is 2. The van der Waals surface area contributed by atoms with Gasteiger partial charge in [-0.25, -0.2) is 0 Å². The van der Waals surface area contributed by atoms with Gasteiger partial charge in [-0.2, -0.15) is 0 Å². The van der Waals surface area contributed by atoms with Crippen molar-refractivity contribution in [2.45, 2.75) is 6.42 Å². The maximum Gasteiger partial charge on any atom is 0.239 e. The predicted octanol–water partition coefficient (Wildman–Crippen LogP) is 3.78. The molecule has 0 unspecified atom stereocenters. The topological polar surface area (TPSA) is 59.6 Å². The predicted molar refractivity (Wildman–Crippen MR) is 101 cm³/mol. The fraction of sp³-hybridized carbons (Fsp3) is 0.278. The lowest BCUT2D eigenvalue weighted by atomic mass is 10.1. The van der Waals surface area contributed by atoms with Crippen LogP contribution in [0.15, 0.2) is 36.4 Å². The molecular formula is C18H20Cl2N2O3. The number of amides is 1. The molecule has 25 heavy (non-hydrogen) atoms. The van der Waals surface area contributed by atoms with Crippen molar-refractivity contribution in [2.24, 2.45) is 0 Å². The molecular weight excluding hydrogens is 363 g/mol. The van der Waals surface area contributed by atoms with Gasteiger partial charge in [0.1, 0.15) is 0 Å². The van der Waals surface area contributed by atoms with Gasteiger partial charge in [-0.15, -0.1) is 0 Å². The smallest absolute Gasteiger partial charge is 0.239 e. The second-order valence-corrected chi connectivity index (χ2v) is 6.09. The minimum atomic E-state index is -0.105. The first-order valence-electron chi connectivity index (χ1n) is 7.70. The quantitative estimate of drug-likeness (QED) is 0.729. The Balaban J connectivity index is 1.77. The Kier molecular flexibility index (Phi) is 7.22. The van der Waals surface area contributed by atoms with Crippen molar-refractivity contribution in [3.8, 4) is 11.5 Å². The van der Waals surface area contributed by atoms with E-state index in [1.54, 1.807) is 32.4 Å². The summed E-state index contributed by atoms with van der Waals surface area (Å²) in [5, 5.41) is 6.79.